The lowest BCUT2D eigenvalue weighted by atomic mass is 10.3. The molecule has 0 aliphatic carbocycles. The van der Waals surface area contributed by atoms with Crippen LogP contribution >= 0.6 is 11.8 Å². The van der Waals surface area contributed by atoms with Crippen LogP contribution in [0.25, 0.3) is 0 Å². The van der Waals surface area contributed by atoms with Gasteiger partial charge in [0.15, 0.2) is 0 Å². The highest BCUT2D eigenvalue weighted by Gasteiger charge is 1.99. The molecule has 0 heterocycles. The van der Waals surface area contributed by atoms with Crippen molar-refractivity contribution >= 4 is 22.6 Å². The predicted octanol–water partition coefficient (Wildman–Crippen LogP) is 7.60. The van der Waals surface area contributed by atoms with E-state index in [0.717, 1.165) is 27.9 Å². The molecule has 0 bridgehead atoms. The molecule has 4 aromatic carbocycles. The van der Waals surface area contributed by atoms with Crippen molar-refractivity contribution in [1.82, 2.24) is 0 Å². The fourth-order valence-electron chi connectivity index (χ4n) is 2.59. The van der Waals surface area contributed by atoms with E-state index >= 15 is 0 Å². The average molecular weight is 553 g/mol. The largest absolute Gasteiger partial charge is 0.457 e. The number of nitriles is 1. The van der Waals surface area contributed by atoms with E-state index in [1.54, 1.807) is 24.1 Å². The van der Waals surface area contributed by atoms with E-state index in [9.17, 15) is 4.21 Å². The van der Waals surface area contributed by atoms with Crippen LogP contribution in [0.4, 0.5) is 0 Å². The van der Waals surface area contributed by atoms with Crippen molar-refractivity contribution in [3.8, 4) is 29.1 Å². The average Bonchev–Trinajstić information content (AvgIpc) is 2.91. The van der Waals surface area contributed by atoms with Gasteiger partial charge >= 0.3 is 0 Å². The molecule has 4 rings (SSSR count). The fraction of sp³-hybridized carbons (Fsp3) is 0.107. The highest BCUT2D eigenvalue weighted by atomic mass is 32.2. The van der Waals surface area contributed by atoms with Crippen LogP contribution in [0.15, 0.2) is 119 Å². The standard InChI is InChI=1S/C13H12O2S.C13H12OS.C2H3N.HNO3/c1-16(14)13-9-7-12(8-10-13)15-11-5-3-2-4-6-11;1-15-13-9-7-12(8-10-13)14-11-5-3-2-4-6-11;1-2-3;2-1(3)4/h2-10H,1H3;2-10H,1H3;1H3;(H,2,3,4). The van der Waals surface area contributed by atoms with E-state index < -0.39 is 15.9 Å². The Morgan fingerprint density at radius 2 is 1.11 bits per heavy atom. The van der Waals surface area contributed by atoms with Gasteiger partial charge in [0, 0.05) is 33.8 Å². The first-order valence-corrected chi connectivity index (χ1v) is 13.7. The lowest BCUT2D eigenvalue weighted by Gasteiger charge is -2.05. The first-order chi connectivity index (χ1) is 18.3. The number of para-hydroxylation sites is 2. The van der Waals surface area contributed by atoms with Gasteiger partial charge in [-0.05, 0) is 79.1 Å². The first-order valence-electron chi connectivity index (χ1n) is 11.0. The van der Waals surface area contributed by atoms with Crippen LogP contribution in [0.2, 0.25) is 0 Å². The minimum Gasteiger partial charge on any atom is -0.457 e. The van der Waals surface area contributed by atoms with Crippen molar-refractivity contribution in [2.75, 3.05) is 12.5 Å². The molecule has 4 aromatic rings. The fourth-order valence-corrected chi connectivity index (χ4v) is 3.52. The summed E-state index contributed by atoms with van der Waals surface area (Å²) in [5, 5.41) is 21.0. The molecule has 1 N–H and O–H groups in total. The molecule has 10 heteroatoms. The molecule has 0 saturated carbocycles. The maximum atomic E-state index is 11.2. The van der Waals surface area contributed by atoms with E-state index in [-0.39, 0.29) is 0 Å². The summed E-state index contributed by atoms with van der Waals surface area (Å²) in [5.74, 6) is 3.29. The molecule has 0 fully saturated rings. The zero-order chi connectivity index (χ0) is 28.2. The van der Waals surface area contributed by atoms with Gasteiger partial charge in [-0.3, -0.25) is 4.21 Å². The Labute approximate surface area is 229 Å². The Bertz CT molecular complexity index is 1260. The maximum absolute atomic E-state index is 11.2. The topological polar surface area (TPSA) is 123 Å². The Balaban J connectivity index is 0.000000307. The van der Waals surface area contributed by atoms with Crippen LogP contribution in [0.5, 0.6) is 23.0 Å². The van der Waals surface area contributed by atoms with E-state index in [4.69, 9.17) is 30.1 Å². The molecule has 38 heavy (non-hydrogen) atoms. The van der Waals surface area contributed by atoms with Crippen LogP contribution in [0, 0.1) is 21.4 Å². The molecule has 1 unspecified atom stereocenters. The lowest BCUT2D eigenvalue weighted by molar-refractivity contribution is -0.742. The van der Waals surface area contributed by atoms with Crippen LogP contribution in [0.3, 0.4) is 0 Å². The van der Waals surface area contributed by atoms with Crippen LogP contribution in [-0.4, -0.2) is 27.0 Å². The number of hydrogen-bond acceptors (Lipinski definition) is 7. The third-order valence-corrected chi connectivity index (χ3v) is 5.85. The zero-order valence-corrected chi connectivity index (χ0v) is 22.7. The van der Waals surface area contributed by atoms with Crippen molar-refractivity contribution in [1.29, 1.82) is 5.26 Å². The van der Waals surface area contributed by atoms with E-state index in [2.05, 4.69) is 18.4 Å². The number of thioether (sulfide) groups is 1. The van der Waals surface area contributed by atoms with Gasteiger partial charge in [-0.15, -0.1) is 21.9 Å². The third kappa shape index (κ3) is 14.3. The Hall–Kier alpha value is -4.33. The van der Waals surface area contributed by atoms with Gasteiger partial charge in [0.05, 0.1) is 6.07 Å². The Morgan fingerprint density at radius 3 is 1.42 bits per heavy atom. The smallest absolute Gasteiger partial charge is 0.291 e. The summed E-state index contributed by atoms with van der Waals surface area (Å²) >= 11 is 1.73. The monoisotopic (exact) mass is 552 g/mol. The van der Waals surface area contributed by atoms with Crippen molar-refractivity contribution < 1.29 is 24.0 Å². The Morgan fingerprint density at radius 1 is 0.789 bits per heavy atom. The molecule has 0 aromatic heterocycles. The first kappa shape index (κ1) is 31.7. The summed E-state index contributed by atoms with van der Waals surface area (Å²) < 4.78 is 22.5. The number of benzene rings is 4. The summed E-state index contributed by atoms with van der Waals surface area (Å²) in [6.45, 7) is 1.43. The highest BCUT2D eigenvalue weighted by molar-refractivity contribution is 7.98. The molecule has 1 atom stereocenters. The van der Waals surface area contributed by atoms with Crippen molar-refractivity contribution in [2.45, 2.75) is 16.7 Å². The molecule has 198 valence electrons. The molecule has 0 amide bonds. The van der Waals surface area contributed by atoms with Crippen molar-refractivity contribution in [3.05, 3.63) is 119 Å². The molecule has 0 spiro atoms. The van der Waals surface area contributed by atoms with Crippen LogP contribution < -0.4 is 9.47 Å². The molecular formula is C28H28N2O6S2. The normalized spacial score (nSPS) is 9.84. The number of nitrogens with zero attached hydrogens (tertiary/aromatic N) is 2. The molecular weight excluding hydrogens is 524 g/mol. The predicted molar refractivity (Wildman–Crippen MR) is 150 cm³/mol. The quantitative estimate of drug-likeness (QED) is 0.147. The Kier molecular flexibility index (Phi) is 15.7. The minimum atomic E-state index is -1.50. The van der Waals surface area contributed by atoms with Crippen molar-refractivity contribution in [2.24, 2.45) is 0 Å². The molecule has 0 radical (unpaired) electrons. The van der Waals surface area contributed by atoms with Gasteiger partial charge in [-0.1, -0.05) is 36.4 Å². The summed E-state index contributed by atoms with van der Waals surface area (Å²) in [5.41, 5.74) is 0. The van der Waals surface area contributed by atoms with E-state index in [1.165, 1.54) is 11.8 Å². The van der Waals surface area contributed by atoms with Gasteiger partial charge in [-0.25, -0.2) is 0 Å². The van der Waals surface area contributed by atoms with Crippen molar-refractivity contribution in [3.63, 3.8) is 0 Å². The zero-order valence-electron chi connectivity index (χ0n) is 21.1. The van der Waals surface area contributed by atoms with E-state index in [0.29, 0.717) is 0 Å². The summed E-state index contributed by atoms with van der Waals surface area (Å²) in [7, 11) is -0.939. The molecule has 0 aliphatic heterocycles. The van der Waals surface area contributed by atoms with Gasteiger partial charge in [-0.2, -0.15) is 5.26 Å². The number of ether oxygens (including phenoxy) is 2. The van der Waals surface area contributed by atoms with E-state index in [1.807, 2.05) is 97.1 Å². The number of rotatable bonds is 6. The molecule has 8 nitrogen and oxygen atoms in total. The second-order valence-corrected chi connectivity index (χ2v) is 9.15. The summed E-state index contributed by atoms with van der Waals surface area (Å²) in [4.78, 5) is 10.4. The maximum Gasteiger partial charge on any atom is 0.291 e. The minimum absolute atomic E-state index is 0.750. The summed E-state index contributed by atoms with van der Waals surface area (Å²) in [6, 6.07) is 36.5. The highest BCUT2D eigenvalue weighted by Crippen LogP contribution is 2.24. The van der Waals surface area contributed by atoms with Gasteiger partial charge in [0.25, 0.3) is 5.09 Å². The molecule has 0 aliphatic rings. The van der Waals surface area contributed by atoms with Gasteiger partial charge < -0.3 is 14.7 Å². The van der Waals surface area contributed by atoms with Crippen LogP contribution in [-0.2, 0) is 10.8 Å². The van der Waals surface area contributed by atoms with Crippen LogP contribution in [0.1, 0.15) is 6.92 Å². The van der Waals surface area contributed by atoms with Gasteiger partial charge in [0.2, 0.25) is 0 Å². The summed E-state index contributed by atoms with van der Waals surface area (Å²) in [6.07, 6.45) is 3.72. The second kappa shape index (κ2) is 18.9. The lowest BCUT2D eigenvalue weighted by Crippen LogP contribution is -1.88. The molecule has 0 saturated heterocycles. The van der Waals surface area contributed by atoms with Gasteiger partial charge in [0.1, 0.15) is 23.0 Å². The SMILES string of the molecule is CC#N.CS(=O)c1ccc(Oc2ccccc2)cc1.CSc1ccc(Oc2ccccc2)cc1.O=[N+]([O-])O. The second-order valence-electron chi connectivity index (χ2n) is 6.89. The third-order valence-electron chi connectivity index (χ3n) is 4.17. The number of hydrogen-bond donors (Lipinski definition) is 1.